The van der Waals surface area contributed by atoms with Gasteiger partial charge in [-0.05, 0) is 0 Å². The van der Waals surface area contributed by atoms with Crippen LogP contribution in [-0.2, 0) is 0 Å². The molecule has 2 aromatic rings. The van der Waals surface area contributed by atoms with Crippen molar-refractivity contribution in [2.45, 2.75) is 0 Å². The molecule has 0 spiro atoms. The predicted molar refractivity (Wildman–Crippen MR) is 73.7 cm³/mol. The number of rotatable bonds is 3. The smallest absolute Gasteiger partial charge is 0.271 e. The fourth-order valence-corrected chi connectivity index (χ4v) is 1.83. The van der Waals surface area contributed by atoms with Crippen LogP contribution >= 0.6 is 0 Å². The second-order valence-corrected chi connectivity index (χ2v) is 4.43. The lowest BCUT2D eigenvalue weighted by molar-refractivity contribution is -0.595. The summed E-state index contributed by atoms with van der Waals surface area (Å²) in [5.74, 6) is 0. The highest BCUT2D eigenvalue weighted by molar-refractivity contribution is 5.50. The highest BCUT2D eigenvalue weighted by Gasteiger charge is 2.17. The van der Waals surface area contributed by atoms with E-state index in [4.69, 9.17) is 5.26 Å². The Morgan fingerprint density at radius 2 is 1.90 bits per heavy atom. The topological polar surface area (TPSA) is 74.0 Å². The summed E-state index contributed by atoms with van der Waals surface area (Å²) in [7, 11) is 3.87. The molecule has 20 heavy (non-hydrogen) atoms. The van der Waals surface area contributed by atoms with Gasteiger partial charge in [0.25, 0.3) is 5.69 Å². The van der Waals surface area contributed by atoms with Crippen molar-refractivity contribution in [1.82, 2.24) is 0 Å². The number of hydrogen-bond acceptors (Lipinski definition) is 4. The third-order valence-electron chi connectivity index (χ3n) is 2.92. The molecule has 6 nitrogen and oxygen atoms in total. The molecule has 6 heteroatoms. The number of nitro benzene ring substituents is 1. The lowest BCUT2D eigenvalue weighted by atomic mass is 10.1. The fourth-order valence-electron chi connectivity index (χ4n) is 1.83. The van der Waals surface area contributed by atoms with Crippen LogP contribution in [0.5, 0.6) is 0 Å². The van der Waals surface area contributed by atoms with Gasteiger partial charge in [0, 0.05) is 50.1 Å². The second-order valence-electron chi connectivity index (χ2n) is 4.43. The Morgan fingerprint density at radius 1 is 1.25 bits per heavy atom. The van der Waals surface area contributed by atoms with Crippen LogP contribution in [0.1, 0.15) is 5.56 Å². The summed E-state index contributed by atoms with van der Waals surface area (Å²) in [6, 6.07) is 10.0. The number of anilines is 1. The average molecular weight is 269 g/mol. The van der Waals surface area contributed by atoms with E-state index in [1.807, 2.05) is 49.6 Å². The molecule has 1 aromatic heterocycles. The molecule has 0 fully saturated rings. The van der Waals surface area contributed by atoms with Crippen molar-refractivity contribution in [1.29, 1.82) is 5.26 Å². The van der Waals surface area contributed by atoms with Gasteiger partial charge in [-0.3, -0.25) is 10.1 Å². The van der Waals surface area contributed by atoms with Crippen molar-refractivity contribution >= 4 is 11.4 Å². The second kappa shape index (κ2) is 5.36. The van der Waals surface area contributed by atoms with Crippen LogP contribution in [0, 0.1) is 21.4 Å². The van der Waals surface area contributed by atoms with E-state index in [1.54, 1.807) is 10.6 Å². The lowest BCUT2D eigenvalue weighted by Gasteiger charge is -2.10. The summed E-state index contributed by atoms with van der Waals surface area (Å²) in [5.41, 5.74) is 1.82. The minimum Gasteiger partial charge on any atom is -0.377 e. The first-order valence-electron chi connectivity index (χ1n) is 5.90. The molecule has 0 radical (unpaired) electrons. The molecule has 2 rings (SSSR count). The van der Waals surface area contributed by atoms with E-state index in [0.717, 1.165) is 5.69 Å². The average Bonchev–Trinajstić information content (AvgIpc) is 2.46. The molecule has 0 bridgehead atoms. The molecular formula is C14H13N4O2+. The summed E-state index contributed by atoms with van der Waals surface area (Å²) in [5, 5.41) is 19.9. The van der Waals surface area contributed by atoms with Crippen LogP contribution < -0.4 is 9.47 Å². The number of pyridine rings is 1. The van der Waals surface area contributed by atoms with Gasteiger partial charge in [-0.25, -0.2) is 0 Å². The summed E-state index contributed by atoms with van der Waals surface area (Å²) in [6.45, 7) is 0. The number of non-ortho nitro benzene ring substituents is 1. The predicted octanol–water partition coefficient (Wildman–Crippen LogP) is 1.81. The Bertz CT molecular complexity index is 687. The Kier molecular flexibility index (Phi) is 3.62. The molecule has 1 aromatic carbocycles. The van der Waals surface area contributed by atoms with Gasteiger partial charge < -0.3 is 4.90 Å². The van der Waals surface area contributed by atoms with E-state index in [2.05, 4.69) is 0 Å². The zero-order valence-corrected chi connectivity index (χ0v) is 11.1. The van der Waals surface area contributed by atoms with Crippen molar-refractivity contribution in [3.8, 4) is 11.8 Å². The number of nitriles is 1. The van der Waals surface area contributed by atoms with Crippen LogP contribution in [0.2, 0.25) is 0 Å². The Hall–Kier alpha value is -2.94. The van der Waals surface area contributed by atoms with E-state index in [9.17, 15) is 10.1 Å². The van der Waals surface area contributed by atoms with Crippen LogP contribution in [-0.4, -0.2) is 19.0 Å². The van der Waals surface area contributed by atoms with Crippen molar-refractivity contribution in [3.05, 3.63) is 58.4 Å². The molecule has 0 N–H and O–H groups in total. The summed E-state index contributed by atoms with van der Waals surface area (Å²) in [4.78, 5) is 12.2. The van der Waals surface area contributed by atoms with E-state index in [0.29, 0.717) is 5.69 Å². The van der Waals surface area contributed by atoms with E-state index < -0.39 is 4.92 Å². The Balaban J connectivity index is 2.47. The molecule has 0 amide bonds. The molecular weight excluding hydrogens is 256 g/mol. The number of nitro groups is 1. The Labute approximate surface area is 116 Å². The van der Waals surface area contributed by atoms with E-state index in [1.165, 1.54) is 12.1 Å². The van der Waals surface area contributed by atoms with E-state index in [-0.39, 0.29) is 11.3 Å². The largest absolute Gasteiger partial charge is 0.377 e. The van der Waals surface area contributed by atoms with Crippen LogP contribution in [0.3, 0.4) is 0 Å². The zero-order chi connectivity index (χ0) is 14.7. The summed E-state index contributed by atoms with van der Waals surface area (Å²) < 4.78 is 1.76. The van der Waals surface area contributed by atoms with Crippen LogP contribution in [0.15, 0.2) is 42.7 Å². The minimum atomic E-state index is -0.509. The van der Waals surface area contributed by atoms with Gasteiger partial charge in [-0.1, -0.05) is 0 Å². The van der Waals surface area contributed by atoms with Crippen molar-refractivity contribution in [2.24, 2.45) is 0 Å². The highest BCUT2D eigenvalue weighted by Crippen LogP contribution is 2.17. The maximum atomic E-state index is 10.7. The van der Waals surface area contributed by atoms with Crippen molar-refractivity contribution in [3.63, 3.8) is 0 Å². The maximum absolute atomic E-state index is 10.7. The van der Waals surface area contributed by atoms with Gasteiger partial charge in [0.1, 0.15) is 11.6 Å². The molecule has 100 valence electrons. The standard InChI is InChI=1S/C14H13N4O2/c1-16(2)12-5-7-17(8-6-12)14-4-3-13(18(19)20)9-11(14)10-15/h3-9H,1-2H3/q+1. The van der Waals surface area contributed by atoms with Gasteiger partial charge >= 0.3 is 0 Å². The number of aromatic nitrogens is 1. The molecule has 1 heterocycles. The minimum absolute atomic E-state index is 0.0872. The van der Waals surface area contributed by atoms with Crippen LogP contribution in [0.25, 0.3) is 5.69 Å². The fraction of sp³-hybridized carbons (Fsp3) is 0.143. The van der Waals surface area contributed by atoms with Crippen molar-refractivity contribution < 1.29 is 9.49 Å². The molecule has 0 saturated heterocycles. The lowest BCUT2D eigenvalue weighted by Crippen LogP contribution is -2.31. The molecule has 0 aliphatic carbocycles. The number of hydrogen-bond donors (Lipinski definition) is 0. The Morgan fingerprint density at radius 3 is 2.40 bits per heavy atom. The van der Waals surface area contributed by atoms with E-state index >= 15 is 0 Å². The molecule has 0 atom stereocenters. The first-order chi connectivity index (χ1) is 9.52. The molecule has 0 unspecified atom stereocenters. The maximum Gasteiger partial charge on any atom is 0.271 e. The van der Waals surface area contributed by atoms with Gasteiger partial charge in [0.05, 0.1) is 4.92 Å². The van der Waals surface area contributed by atoms with Gasteiger partial charge in [-0.2, -0.15) is 9.83 Å². The monoisotopic (exact) mass is 269 g/mol. The zero-order valence-electron chi connectivity index (χ0n) is 11.1. The normalized spacial score (nSPS) is 9.85. The van der Waals surface area contributed by atoms with Gasteiger partial charge in [0.2, 0.25) is 5.69 Å². The third-order valence-corrected chi connectivity index (χ3v) is 2.92. The van der Waals surface area contributed by atoms with Gasteiger partial charge in [0.15, 0.2) is 12.4 Å². The first kappa shape index (κ1) is 13.5. The molecule has 0 saturated carbocycles. The SMILES string of the molecule is CN(C)c1cc[n+](-c2ccc([N+](=O)[O-])cc2C#N)cc1. The quantitative estimate of drug-likeness (QED) is 0.484. The number of nitrogens with zero attached hydrogens (tertiary/aromatic N) is 4. The molecule has 0 aliphatic heterocycles. The highest BCUT2D eigenvalue weighted by atomic mass is 16.6. The van der Waals surface area contributed by atoms with Crippen LogP contribution in [0.4, 0.5) is 11.4 Å². The van der Waals surface area contributed by atoms with Crippen molar-refractivity contribution in [2.75, 3.05) is 19.0 Å². The summed E-state index contributed by atoms with van der Waals surface area (Å²) in [6.07, 6.45) is 3.63. The van der Waals surface area contributed by atoms with Gasteiger partial charge in [-0.15, -0.1) is 0 Å². The number of benzene rings is 1. The summed E-state index contributed by atoms with van der Waals surface area (Å²) >= 11 is 0. The first-order valence-corrected chi connectivity index (χ1v) is 5.90. The third kappa shape index (κ3) is 2.57. The molecule has 0 aliphatic rings.